The standard InChI is InChI=1S/C16H17F3N2O3/c1-24-3-2-21-15(22)10-7-20(8-11(10)16(21)23)6-9-4-13(18)14(19)5-12(9)17/h4-5,10-11H,2-3,6-8H2,1H3. The second-order valence-electron chi connectivity index (χ2n) is 6.09. The lowest BCUT2D eigenvalue weighted by atomic mass is 10.00. The molecule has 0 saturated carbocycles. The second kappa shape index (κ2) is 6.52. The third-order valence-electron chi connectivity index (χ3n) is 4.56. The molecule has 2 unspecified atom stereocenters. The molecule has 5 nitrogen and oxygen atoms in total. The summed E-state index contributed by atoms with van der Waals surface area (Å²) >= 11 is 0. The van der Waals surface area contributed by atoms with E-state index >= 15 is 0 Å². The lowest BCUT2D eigenvalue weighted by Gasteiger charge is -2.20. The summed E-state index contributed by atoms with van der Waals surface area (Å²) < 4.78 is 44.9. The Labute approximate surface area is 137 Å². The average Bonchev–Trinajstić information content (AvgIpc) is 3.04. The van der Waals surface area contributed by atoms with Crippen molar-refractivity contribution < 1.29 is 27.5 Å². The van der Waals surface area contributed by atoms with Crippen LogP contribution in [0.2, 0.25) is 0 Å². The Morgan fingerprint density at radius 2 is 1.62 bits per heavy atom. The summed E-state index contributed by atoms with van der Waals surface area (Å²) in [5.74, 6) is -4.65. The molecule has 0 radical (unpaired) electrons. The number of rotatable bonds is 5. The van der Waals surface area contributed by atoms with Gasteiger partial charge in [0, 0.05) is 38.4 Å². The maximum Gasteiger partial charge on any atom is 0.234 e. The predicted molar refractivity (Wildman–Crippen MR) is 77.2 cm³/mol. The van der Waals surface area contributed by atoms with Crippen LogP contribution in [0.4, 0.5) is 13.2 Å². The van der Waals surface area contributed by atoms with Crippen molar-refractivity contribution in [2.45, 2.75) is 6.54 Å². The molecule has 24 heavy (non-hydrogen) atoms. The molecule has 2 saturated heterocycles. The molecule has 0 bridgehead atoms. The van der Waals surface area contributed by atoms with Crippen LogP contribution in [-0.4, -0.2) is 55.0 Å². The Balaban J connectivity index is 1.69. The number of carbonyl (C=O) groups excluding carboxylic acids is 2. The number of amides is 2. The second-order valence-corrected chi connectivity index (χ2v) is 6.09. The Morgan fingerprint density at radius 3 is 2.21 bits per heavy atom. The largest absolute Gasteiger partial charge is 0.383 e. The summed E-state index contributed by atoms with van der Waals surface area (Å²) in [4.78, 5) is 27.5. The van der Waals surface area contributed by atoms with Crippen LogP contribution in [0.15, 0.2) is 12.1 Å². The van der Waals surface area contributed by atoms with E-state index in [0.29, 0.717) is 6.07 Å². The van der Waals surface area contributed by atoms with Crippen LogP contribution >= 0.6 is 0 Å². The van der Waals surface area contributed by atoms with Crippen LogP contribution in [-0.2, 0) is 20.9 Å². The number of hydrogen-bond acceptors (Lipinski definition) is 4. The number of methoxy groups -OCH3 is 1. The van der Waals surface area contributed by atoms with Crippen molar-refractivity contribution in [2.24, 2.45) is 11.8 Å². The zero-order chi connectivity index (χ0) is 17.4. The molecular weight excluding hydrogens is 325 g/mol. The zero-order valence-corrected chi connectivity index (χ0v) is 13.1. The van der Waals surface area contributed by atoms with Crippen molar-refractivity contribution in [1.82, 2.24) is 9.80 Å². The van der Waals surface area contributed by atoms with Crippen molar-refractivity contribution in [3.8, 4) is 0 Å². The molecule has 1 aromatic carbocycles. The minimum absolute atomic E-state index is 0.00464. The van der Waals surface area contributed by atoms with Gasteiger partial charge in [0.05, 0.1) is 25.0 Å². The summed E-state index contributed by atoms with van der Waals surface area (Å²) in [5, 5.41) is 0. The first kappa shape index (κ1) is 16.9. The quantitative estimate of drug-likeness (QED) is 0.595. The number of halogens is 3. The minimum atomic E-state index is -1.24. The Morgan fingerprint density at radius 1 is 1.04 bits per heavy atom. The predicted octanol–water partition coefficient (Wildman–Crippen LogP) is 1.17. The highest BCUT2D eigenvalue weighted by Gasteiger charge is 2.51. The first-order valence-corrected chi connectivity index (χ1v) is 7.62. The van der Waals surface area contributed by atoms with Crippen molar-refractivity contribution >= 4 is 11.8 Å². The van der Waals surface area contributed by atoms with Gasteiger partial charge in [-0.1, -0.05) is 0 Å². The van der Waals surface area contributed by atoms with Crippen LogP contribution in [0, 0.1) is 29.3 Å². The fourth-order valence-corrected chi connectivity index (χ4v) is 3.35. The van der Waals surface area contributed by atoms with E-state index in [9.17, 15) is 22.8 Å². The number of ether oxygens (including phenoxy) is 1. The lowest BCUT2D eigenvalue weighted by molar-refractivity contribution is -0.141. The molecule has 2 amide bonds. The number of carbonyl (C=O) groups is 2. The van der Waals surface area contributed by atoms with Crippen molar-refractivity contribution in [1.29, 1.82) is 0 Å². The van der Waals surface area contributed by atoms with E-state index in [1.54, 1.807) is 4.90 Å². The van der Waals surface area contributed by atoms with Crippen molar-refractivity contribution in [3.63, 3.8) is 0 Å². The van der Waals surface area contributed by atoms with E-state index in [1.165, 1.54) is 12.0 Å². The highest BCUT2D eigenvalue weighted by molar-refractivity contribution is 6.05. The van der Waals surface area contributed by atoms with Gasteiger partial charge < -0.3 is 4.74 Å². The zero-order valence-electron chi connectivity index (χ0n) is 13.1. The van der Waals surface area contributed by atoms with E-state index < -0.39 is 29.3 Å². The molecule has 0 N–H and O–H groups in total. The smallest absolute Gasteiger partial charge is 0.234 e. The van der Waals surface area contributed by atoms with Crippen LogP contribution in [0.5, 0.6) is 0 Å². The summed E-state index contributed by atoms with van der Waals surface area (Å²) in [6.07, 6.45) is 0. The number of benzene rings is 1. The van der Waals surface area contributed by atoms with Crippen LogP contribution in [0.1, 0.15) is 5.56 Å². The van der Waals surface area contributed by atoms with Crippen LogP contribution < -0.4 is 0 Å². The molecule has 8 heteroatoms. The summed E-state index contributed by atoms with van der Waals surface area (Å²) in [6, 6.07) is 1.32. The molecule has 0 spiro atoms. The Bertz CT molecular complexity index is 659. The van der Waals surface area contributed by atoms with Gasteiger partial charge in [0.2, 0.25) is 11.8 Å². The number of likely N-dealkylation sites (tertiary alicyclic amines) is 2. The molecule has 2 fully saturated rings. The van der Waals surface area contributed by atoms with Gasteiger partial charge in [-0.3, -0.25) is 19.4 Å². The monoisotopic (exact) mass is 342 g/mol. The molecule has 0 aliphatic carbocycles. The van der Waals surface area contributed by atoms with E-state index in [1.807, 2.05) is 0 Å². The number of fused-ring (bicyclic) bond motifs is 1. The SMILES string of the molecule is COCCN1C(=O)C2CN(Cc3cc(F)c(F)cc3F)CC2C1=O. The van der Waals surface area contributed by atoms with Gasteiger partial charge in [-0.25, -0.2) is 13.2 Å². The van der Waals surface area contributed by atoms with Gasteiger partial charge in [-0.05, 0) is 6.07 Å². The normalized spacial score (nSPS) is 24.1. The van der Waals surface area contributed by atoms with Gasteiger partial charge in [0.25, 0.3) is 0 Å². The first-order valence-electron chi connectivity index (χ1n) is 7.62. The lowest BCUT2D eigenvalue weighted by Crippen LogP contribution is -2.37. The third-order valence-corrected chi connectivity index (χ3v) is 4.56. The first-order chi connectivity index (χ1) is 11.4. The third kappa shape index (κ3) is 2.91. The molecular formula is C16H17F3N2O3. The summed E-state index contributed by atoms with van der Waals surface area (Å²) in [6.45, 7) is 1.10. The number of nitrogens with zero attached hydrogens (tertiary/aromatic N) is 2. The number of imide groups is 1. The molecule has 2 aliphatic rings. The Kier molecular flexibility index (Phi) is 4.60. The fraction of sp³-hybridized carbons (Fsp3) is 0.500. The molecule has 0 aromatic heterocycles. The molecule has 2 atom stereocenters. The van der Waals surface area contributed by atoms with E-state index in [-0.39, 0.29) is 50.2 Å². The molecule has 3 rings (SSSR count). The van der Waals surface area contributed by atoms with Crippen LogP contribution in [0.3, 0.4) is 0 Å². The molecule has 2 heterocycles. The fourth-order valence-electron chi connectivity index (χ4n) is 3.35. The highest BCUT2D eigenvalue weighted by atomic mass is 19.2. The van der Waals surface area contributed by atoms with Gasteiger partial charge in [-0.2, -0.15) is 0 Å². The maximum absolute atomic E-state index is 13.7. The van der Waals surface area contributed by atoms with Crippen molar-refractivity contribution in [3.05, 3.63) is 35.1 Å². The van der Waals surface area contributed by atoms with Gasteiger partial charge in [0.1, 0.15) is 5.82 Å². The molecule has 2 aliphatic heterocycles. The van der Waals surface area contributed by atoms with Crippen molar-refractivity contribution in [2.75, 3.05) is 33.4 Å². The number of hydrogen-bond donors (Lipinski definition) is 0. The maximum atomic E-state index is 13.7. The minimum Gasteiger partial charge on any atom is -0.383 e. The van der Waals surface area contributed by atoms with E-state index in [2.05, 4.69) is 0 Å². The van der Waals surface area contributed by atoms with Gasteiger partial charge in [0.15, 0.2) is 11.6 Å². The van der Waals surface area contributed by atoms with E-state index in [0.717, 1.165) is 6.07 Å². The highest BCUT2D eigenvalue weighted by Crippen LogP contribution is 2.34. The topological polar surface area (TPSA) is 49.9 Å². The van der Waals surface area contributed by atoms with Crippen LogP contribution in [0.25, 0.3) is 0 Å². The van der Waals surface area contributed by atoms with Gasteiger partial charge in [-0.15, -0.1) is 0 Å². The summed E-state index contributed by atoms with van der Waals surface area (Å²) in [5.41, 5.74) is 0.00464. The molecule has 130 valence electrons. The summed E-state index contributed by atoms with van der Waals surface area (Å²) in [7, 11) is 1.49. The Hall–Kier alpha value is -1.93. The van der Waals surface area contributed by atoms with Gasteiger partial charge >= 0.3 is 0 Å². The van der Waals surface area contributed by atoms with E-state index in [4.69, 9.17) is 4.74 Å². The molecule has 1 aromatic rings. The average molecular weight is 342 g/mol.